The second-order valence-electron chi connectivity index (χ2n) is 6.47. The van der Waals surface area contributed by atoms with E-state index in [0.29, 0.717) is 30.0 Å². The molecular formula is C19H25N5O5. The smallest absolute Gasteiger partial charge is 0.251 e. The van der Waals surface area contributed by atoms with E-state index in [1.54, 1.807) is 31.6 Å². The molecule has 0 bridgehead atoms. The van der Waals surface area contributed by atoms with Gasteiger partial charge in [0.05, 0.1) is 20.3 Å². The number of aryl methyl sites for hydroxylation is 1. The SMILES string of the molecule is CCn1cnnc1CCNC(=O)[C@H]1OCC(=O)N[C@@H]1c1ccc(OC)c(OC)c1. The van der Waals surface area contributed by atoms with Crippen molar-refractivity contribution in [1.82, 2.24) is 25.4 Å². The Morgan fingerprint density at radius 3 is 2.86 bits per heavy atom. The molecule has 0 spiro atoms. The molecule has 2 atom stereocenters. The number of morpholine rings is 1. The van der Waals surface area contributed by atoms with Crippen molar-refractivity contribution in [3.05, 3.63) is 35.9 Å². The van der Waals surface area contributed by atoms with Gasteiger partial charge in [0.15, 0.2) is 17.6 Å². The van der Waals surface area contributed by atoms with Crippen LogP contribution in [0.1, 0.15) is 24.4 Å². The largest absolute Gasteiger partial charge is 0.493 e. The number of nitrogens with one attached hydrogen (secondary N) is 2. The van der Waals surface area contributed by atoms with Gasteiger partial charge in [-0.1, -0.05) is 6.07 Å². The van der Waals surface area contributed by atoms with Crippen LogP contribution in [0.15, 0.2) is 24.5 Å². The molecule has 2 amide bonds. The van der Waals surface area contributed by atoms with Crippen molar-refractivity contribution < 1.29 is 23.8 Å². The van der Waals surface area contributed by atoms with Crippen molar-refractivity contribution in [2.24, 2.45) is 0 Å². The molecule has 10 nitrogen and oxygen atoms in total. The Morgan fingerprint density at radius 2 is 2.14 bits per heavy atom. The number of methoxy groups -OCH3 is 2. The van der Waals surface area contributed by atoms with Gasteiger partial charge in [-0.15, -0.1) is 10.2 Å². The highest BCUT2D eigenvalue weighted by Crippen LogP contribution is 2.32. The van der Waals surface area contributed by atoms with Gasteiger partial charge in [0.2, 0.25) is 5.91 Å². The van der Waals surface area contributed by atoms with Gasteiger partial charge in [-0.05, 0) is 24.6 Å². The first-order valence-corrected chi connectivity index (χ1v) is 9.34. The van der Waals surface area contributed by atoms with Gasteiger partial charge < -0.3 is 29.4 Å². The van der Waals surface area contributed by atoms with Crippen LogP contribution in [0.3, 0.4) is 0 Å². The van der Waals surface area contributed by atoms with E-state index in [0.717, 1.165) is 12.4 Å². The fourth-order valence-corrected chi connectivity index (χ4v) is 3.22. The maximum absolute atomic E-state index is 12.8. The molecule has 156 valence electrons. The number of nitrogens with zero attached hydrogens (tertiary/aromatic N) is 3. The number of hydrogen-bond donors (Lipinski definition) is 2. The Hall–Kier alpha value is -3.14. The molecule has 10 heteroatoms. The maximum Gasteiger partial charge on any atom is 0.251 e. The monoisotopic (exact) mass is 403 g/mol. The van der Waals surface area contributed by atoms with E-state index in [4.69, 9.17) is 14.2 Å². The predicted molar refractivity (Wildman–Crippen MR) is 103 cm³/mol. The summed E-state index contributed by atoms with van der Waals surface area (Å²) < 4.78 is 18.0. The lowest BCUT2D eigenvalue weighted by Crippen LogP contribution is -2.52. The second-order valence-corrected chi connectivity index (χ2v) is 6.47. The lowest BCUT2D eigenvalue weighted by Gasteiger charge is -2.32. The topological polar surface area (TPSA) is 117 Å². The highest BCUT2D eigenvalue weighted by atomic mass is 16.5. The molecular weight excluding hydrogens is 378 g/mol. The highest BCUT2D eigenvalue weighted by Gasteiger charge is 2.36. The summed E-state index contributed by atoms with van der Waals surface area (Å²) in [5.74, 6) is 1.25. The maximum atomic E-state index is 12.8. The standard InChI is InChI=1S/C19H25N5O5/c1-4-24-11-21-23-15(24)7-8-20-19(26)18-17(22-16(25)10-29-18)12-5-6-13(27-2)14(9-12)28-3/h5-6,9,11,17-18H,4,7-8,10H2,1-3H3,(H,20,26)(H,22,25)/t17-,18+/m1/s1. The second kappa shape index (κ2) is 9.37. The van der Waals surface area contributed by atoms with Crippen LogP contribution >= 0.6 is 0 Å². The van der Waals surface area contributed by atoms with E-state index >= 15 is 0 Å². The molecule has 1 aliphatic rings. The zero-order valence-electron chi connectivity index (χ0n) is 16.7. The van der Waals surface area contributed by atoms with Gasteiger partial charge in [0, 0.05) is 19.5 Å². The van der Waals surface area contributed by atoms with Crippen LogP contribution in [0, 0.1) is 0 Å². The summed E-state index contributed by atoms with van der Waals surface area (Å²) in [6.07, 6.45) is 1.33. The van der Waals surface area contributed by atoms with Crippen molar-refractivity contribution in [3.63, 3.8) is 0 Å². The molecule has 2 N–H and O–H groups in total. The molecule has 1 aliphatic heterocycles. The van der Waals surface area contributed by atoms with Crippen LogP contribution < -0.4 is 20.1 Å². The summed E-state index contributed by atoms with van der Waals surface area (Å²) in [7, 11) is 3.06. The molecule has 2 aromatic rings. The first-order valence-electron chi connectivity index (χ1n) is 9.34. The molecule has 29 heavy (non-hydrogen) atoms. The average Bonchev–Trinajstić information content (AvgIpc) is 3.20. The summed E-state index contributed by atoms with van der Waals surface area (Å²) in [6.45, 7) is 2.96. The van der Waals surface area contributed by atoms with Gasteiger partial charge in [0.25, 0.3) is 5.91 Å². The molecule has 0 saturated carbocycles. The minimum absolute atomic E-state index is 0.175. The van der Waals surface area contributed by atoms with E-state index < -0.39 is 12.1 Å². The highest BCUT2D eigenvalue weighted by molar-refractivity contribution is 5.86. The molecule has 1 aromatic heterocycles. The molecule has 1 saturated heterocycles. The van der Waals surface area contributed by atoms with Crippen LogP contribution in [-0.2, 0) is 27.3 Å². The van der Waals surface area contributed by atoms with Crippen molar-refractivity contribution in [1.29, 1.82) is 0 Å². The van der Waals surface area contributed by atoms with E-state index in [1.165, 1.54) is 7.11 Å². The van der Waals surface area contributed by atoms with Gasteiger partial charge in [-0.3, -0.25) is 9.59 Å². The number of carbonyl (C=O) groups is 2. The Balaban J connectivity index is 1.70. The minimum atomic E-state index is -0.866. The summed E-state index contributed by atoms with van der Waals surface area (Å²) >= 11 is 0. The zero-order valence-corrected chi connectivity index (χ0v) is 16.7. The van der Waals surface area contributed by atoms with Crippen LogP contribution in [0.25, 0.3) is 0 Å². The van der Waals surface area contributed by atoms with Gasteiger partial charge in [-0.2, -0.15) is 0 Å². The third kappa shape index (κ3) is 4.65. The van der Waals surface area contributed by atoms with Crippen LogP contribution in [-0.4, -0.2) is 60.1 Å². The quantitative estimate of drug-likeness (QED) is 0.648. The number of hydrogen-bond acceptors (Lipinski definition) is 7. The van der Waals surface area contributed by atoms with Gasteiger partial charge >= 0.3 is 0 Å². The summed E-state index contributed by atoms with van der Waals surface area (Å²) in [5, 5.41) is 13.6. The van der Waals surface area contributed by atoms with E-state index in [1.807, 2.05) is 11.5 Å². The number of carbonyl (C=O) groups excluding carboxylic acids is 2. The third-order valence-corrected chi connectivity index (χ3v) is 4.72. The molecule has 3 rings (SSSR count). The fraction of sp³-hybridized carbons (Fsp3) is 0.474. The van der Waals surface area contributed by atoms with Crippen LogP contribution in [0.5, 0.6) is 11.5 Å². The number of benzene rings is 1. The summed E-state index contributed by atoms with van der Waals surface area (Å²) in [5.41, 5.74) is 0.682. The lowest BCUT2D eigenvalue weighted by atomic mass is 9.98. The van der Waals surface area contributed by atoms with Crippen molar-refractivity contribution >= 4 is 11.8 Å². The first kappa shape index (κ1) is 20.6. The molecule has 0 aliphatic carbocycles. The number of aromatic nitrogens is 3. The normalized spacial score (nSPS) is 18.8. The predicted octanol–water partition coefficient (Wildman–Crippen LogP) is 0.230. The molecule has 1 aromatic carbocycles. The third-order valence-electron chi connectivity index (χ3n) is 4.72. The summed E-state index contributed by atoms with van der Waals surface area (Å²) in [6, 6.07) is 4.57. The van der Waals surface area contributed by atoms with E-state index in [-0.39, 0.29) is 18.4 Å². The number of ether oxygens (including phenoxy) is 3. The molecule has 0 radical (unpaired) electrons. The Labute approximate surface area is 168 Å². The Bertz CT molecular complexity index is 868. The average molecular weight is 403 g/mol. The van der Waals surface area contributed by atoms with Crippen molar-refractivity contribution in [2.45, 2.75) is 32.0 Å². The number of amides is 2. The van der Waals surface area contributed by atoms with E-state index in [9.17, 15) is 9.59 Å². The van der Waals surface area contributed by atoms with Gasteiger partial charge in [-0.25, -0.2) is 0 Å². The summed E-state index contributed by atoms with van der Waals surface area (Å²) in [4.78, 5) is 24.7. The zero-order chi connectivity index (χ0) is 20.8. The van der Waals surface area contributed by atoms with Crippen molar-refractivity contribution in [2.75, 3.05) is 27.4 Å². The Morgan fingerprint density at radius 1 is 1.34 bits per heavy atom. The molecule has 1 fully saturated rings. The van der Waals surface area contributed by atoms with Crippen LogP contribution in [0.4, 0.5) is 0 Å². The molecule has 2 heterocycles. The van der Waals surface area contributed by atoms with E-state index in [2.05, 4.69) is 20.8 Å². The lowest BCUT2D eigenvalue weighted by molar-refractivity contribution is -0.148. The van der Waals surface area contributed by atoms with Gasteiger partial charge in [0.1, 0.15) is 18.8 Å². The first-order chi connectivity index (χ1) is 14.1. The molecule has 0 unspecified atom stereocenters. The van der Waals surface area contributed by atoms with Crippen LogP contribution in [0.2, 0.25) is 0 Å². The number of rotatable bonds is 8. The van der Waals surface area contributed by atoms with Crippen molar-refractivity contribution in [3.8, 4) is 11.5 Å². The minimum Gasteiger partial charge on any atom is -0.493 e. The Kier molecular flexibility index (Phi) is 6.65. The fourth-order valence-electron chi connectivity index (χ4n) is 3.22.